The van der Waals surface area contributed by atoms with Crippen molar-refractivity contribution in [1.82, 2.24) is 9.55 Å². The molecule has 0 saturated carbocycles. The molecule has 0 fully saturated rings. The molecule has 98 valence electrons. The van der Waals surface area contributed by atoms with Crippen LogP contribution in [0.2, 0.25) is 0 Å². The molecular formula is C12H9IN2O3S. The summed E-state index contributed by atoms with van der Waals surface area (Å²) in [7, 11) is 0. The van der Waals surface area contributed by atoms with Crippen LogP contribution in [0.1, 0.15) is 5.56 Å². The molecule has 1 aromatic heterocycles. The van der Waals surface area contributed by atoms with Crippen molar-refractivity contribution in [3.8, 4) is 5.69 Å². The number of nitrogens with zero attached hydrogens (tertiary/aromatic N) is 1. The topological polar surface area (TPSA) is 75.1 Å². The molecule has 0 amide bonds. The highest BCUT2D eigenvalue weighted by molar-refractivity contribution is 14.1. The van der Waals surface area contributed by atoms with Crippen molar-refractivity contribution in [3.63, 3.8) is 0 Å². The number of benzene rings is 1. The van der Waals surface area contributed by atoms with Gasteiger partial charge in [-0.1, -0.05) is 0 Å². The number of carboxylic acids is 1. The van der Waals surface area contributed by atoms with E-state index >= 15 is 0 Å². The summed E-state index contributed by atoms with van der Waals surface area (Å²) < 4.78 is 2.57. The molecule has 2 N–H and O–H groups in total. The van der Waals surface area contributed by atoms with Crippen LogP contribution in [-0.4, -0.2) is 20.6 Å². The first-order valence-corrected chi connectivity index (χ1v) is 6.79. The molecule has 0 aliphatic carbocycles. The lowest BCUT2D eigenvalue weighted by molar-refractivity contribution is -0.136. The highest BCUT2D eigenvalue weighted by Gasteiger charge is 2.10. The van der Waals surface area contributed by atoms with Crippen LogP contribution in [0.4, 0.5) is 0 Å². The Morgan fingerprint density at radius 3 is 2.58 bits per heavy atom. The maximum absolute atomic E-state index is 12.2. The van der Waals surface area contributed by atoms with Crippen molar-refractivity contribution in [3.05, 3.63) is 54.7 Å². The number of halogens is 1. The first kappa shape index (κ1) is 13.9. The van der Waals surface area contributed by atoms with Gasteiger partial charge in [-0.25, -0.2) is 0 Å². The molecule has 1 heterocycles. The van der Waals surface area contributed by atoms with Gasteiger partial charge in [0.1, 0.15) is 0 Å². The number of hydrogen-bond acceptors (Lipinski definition) is 3. The van der Waals surface area contributed by atoms with Crippen LogP contribution < -0.4 is 5.56 Å². The summed E-state index contributed by atoms with van der Waals surface area (Å²) in [6.45, 7) is 0. The second kappa shape index (κ2) is 5.66. The number of aromatic amines is 1. The van der Waals surface area contributed by atoms with Gasteiger partial charge in [-0.3, -0.25) is 14.2 Å². The van der Waals surface area contributed by atoms with E-state index in [4.69, 9.17) is 17.3 Å². The monoisotopic (exact) mass is 388 g/mol. The van der Waals surface area contributed by atoms with Crippen LogP contribution in [0.5, 0.6) is 0 Å². The molecule has 7 heteroatoms. The fourth-order valence-electron chi connectivity index (χ4n) is 1.63. The standard InChI is InChI=1S/C12H9IN2O3S/c13-8-1-3-9(4-2-8)15-11(18)7(5-10(16)17)6-14-12(15)19/h1-4,6H,5H2,(H,14,19)(H,16,17). The number of H-pyrrole nitrogens is 1. The Bertz CT molecular complexity index is 734. The first-order chi connectivity index (χ1) is 8.99. The molecule has 0 unspecified atom stereocenters. The lowest BCUT2D eigenvalue weighted by atomic mass is 10.2. The summed E-state index contributed by atoms with van der Waals surface area (Å²) in [5.74, 6) is -1.06. The summed E-state index contributed by atoms with van der Waals surface area (Å²) in [5.41, 5.74) is 0.367. The Hall–Kier alpha value is -1.48. The van der Waals surface area contributed by atoms with Gasteiger partial charge >= 0.3 is 5.97 Å². The Labute approximate surface area is 127 Å². The predicted molar refractivity (Wildman–Crippen MR) is 81.3 cm³/mol. The molecule has 1 aromatic carbocycles. The minimum absolute atomic E-state index is 0.166. The van der Waals surface area contributed by atoms with E-state index in [9.17, 15) is 9.59 Å². The molecule has 0 saturated heterocycles. The third-order valence-corrected chi connectivity index (χ3v) is 3.50. The predicted octanol–water partition coefficient (Wildman–Crippen LogP) is 2.13. The average molecular weight is 388 g/mol. The largest absolute Gasteiger partial charge is 0.481 e. The molecule has 2 rings (SSSR count). The molecule has 0 atom stereocenters. The number of aromatic nitrogens is 2. The fourth-order valence-corrected chi connectivity index (χ4v) is 2.23. The zero-order chi connectivity index (χ0) is 14.0. The SMILES string of the molecule is O=C(O)Cc1c[nH]c(=S)n(-c2ccc(I)cc2)c1=O. The Balaban J connectivity index is 2.63. The summed E-state index contributed by atoms with van der Waals surface area (Å²) in [6, 6.07) is 7.22. The van der Waals surface area contributed by atoms with E-state index in [1.54, 1.807) is 12.1 Å². The van der Waals surface area contributed by atoms with Crippen molar-refractivity contribution >= 4 is 40.8 Å². The van der Waals surface area contributed by atoms with Gasteiger partial charge in [0.15, 0.2) is 4.77 Å². The Morgan fingerprint density at radius 1 is 1.37 bits per heavy atom. The van der Waals surface area contributed by atoms with Gasteiger partial charge in [0.25, 0.3) is 5.56 Å². The quantitative estimate of drug-likeness (QED) is 0.624. The van der Waals surface area contributed by atoms with Crippen molar-refractivity contribution in [2.24, 2.45) is 0 Å². The number of carbonyl (C=O) groups is 1. The Morgan fingerprint density at radius 2 is 2.00 bits per heavy atom. The summed E-state index contributed by atoms with van der Waals surface area (Å²) in [6.07, 6.45) is 1.01. The van der Waals surface area contributed by atoms with Crippen LogP contribution in [0.25, 0.3) is 5.69 Å². The summed E-state index contributed by atoms with van der Waals surface area (Å²) in [4.78, 5) is 25.7. The average Bonchev–Trinajstić information content (AvgIpc) is 2.35. The van der Waals surface area contributed by atoms with Gasteiger partial charge in [-0.15, -0.1) is 0 Å². The molecule has 5 nitrogen and oxygen atoms in total. The molecule has 2 aromatic rings. The van der Waals surface area contributed by atoms with E-state index < -0.39 is 11.5 Å². The minimum Gasteiger partial charge on any atom is -0.481 e. The lowest BCUT2D eigenvalue weighted by Crippen LogP contribution is -2.25. The molecule has 19 heavy (non-hydrogen) atoms. The first-order valence-electron chi connectivity index (χ1n) is 5.30. The number of aliphatic carboxylic acids is 1. The molecule has 0 aliphatic heterocycles. The van der Waals surface area contributed by atoms with Crippen LogP contribution in [0.15, 0.2) is 35.3 Å². The highest BCUT2D eigenvalue weighted by atomic mass is 127. The zero-order valence-electron chi connectivity index (χ0n) is 9.59. The maximum Gasteiger partial charge on any atom is 0.308 e. The number of rotatable bonds is 3. The van der Waals surface area contributed by atoms with E-state index in [2.05, 4.69) is 27.6 Å². The van der Waals surface area contributed by atoms with E-state index in [0.717, 1.165) is 3.57 Å². The minimum atomic E-state index is -1.06. The highest BCUT2D eigenvalue weighted by Crippen LogP contribution is 2.10. The van der Waals surface area contributed by atoms with Crippen LogP contribution >= 0.6 is 34.8 Å². The van der Waals surface area contributed by atoms with E-state index in [1.807, 2.05) is 12.1 Å². The van der Waals surface area contributed by atoms with E-state index in [0.29, 0.717) is 5.69 Å². The normalized spacial score (nSPS) is 10.4. The van der Waals surface area contributed by atoms with Crippen LogP contribution in [0.3, 0.4) is 0 Å². The zero-order valence-corrected chi connectivity index (χ0v) is 12.6. The molecular weight excluding hydrogens is 379 g/mol. The van der Waals surface area contributed by atoms with Crippen molar-refractivity contribution < 1.29 is 9.90 Å². The molecule has 0 radical (unpaired) electrons. The second-order valence-electron chi connectivity index (χ2n) is 3.81. The number of carboxylic acid groups (broad SMARTS) is 1. The van der Waals surface area contributed by atoms with Crippen molar-refractivity contribution in [2.75, 3.05) is 0 Å². The molecule has 0 aliphatic rings. The number of nitrogens with one attached hydrogen (secondary N) is 1. The van der Waals surface area contributed by atoms with Gasteiger partial charge in [0.2, 0.25) is 0 Å². The van der Waals surface area contributed by atoms with E-state index in [1.165, 1.54) is 10.8 Å². The summed E-state index contributed by atoms with van der Waals surface area (Å²) >= 11 is 7.24. The van der Waals surface area contributed by atoms with Crippen LogP contribution in [0, 0.1) is 8.34 Å². The van der Waals surface area contributed by atoms with Crippen LogP contribution in [-0.2, 0) is 11.2 Å². The summed E-state index contributed by atoms with van der Waals surface area (Å²) in [5, 5.41) is 8.77. The third kappa shape index (κ3) is 3.10. The smallest absolute Gasteiger partial charge is 0.308 e. The second-order valence-corrected chi connectivity index (χ2v) is 5.44. The van der Waals surface area contributed by atoms with Crippen molar-refractivity contribution in [2.45, 2.75) is 6.42 Å². The van der Waals surface area contributed by atoms with Crippen molar-refractivity contribution in [1.29, 1.82) is 0 Å². The number of hydrogen-bond donors (Lipinski definition) is 2. The van der Waals surface area contributed by atoms with Gasteiger partial charge in [-0.05, 0) is 59.1 Å². The maximum atomic E-state index is 12.2. The molecule has 0 spiro atoms. The van der Waals surface area contributed by atoms with Gasteiger partial charge < -0.3 is 10.1 Å². The van der Waals surface area contributed by atoms with E-state index in [-0.39, 0.29) is 16.8 Å². The van der Waals surface area contributed by atoms with Gasteiger partial charge in [0.05, 0.1) is 12.1 Å². The molecule has 0 bridgehead atoms. The van der Waals surface area contributed by atoms with Gasteiger partial charge in [0, 0.05) is 15.3 Å². The Kier molecular flexibility index (Phi) is 4.15. The third-order valence-electron chi connectivity index (χ3n) is 2.48. The van der Waals surface area contributed by atoms with Gasteiger partial charge in [-0.2, -0.15) is 0 Å². The fraction of sp³-hybridized carbons (Fsp3) is 0.0833. The lowest BCUT2D eigenvalue weighted by Gasteiger charge is -2.07.